The number of esters is 1. The summed E-state index contributed by atoms with van der Waals surface area (Å²) >= 11 is 5.94. The van der Waals surface area contributed by atoms with Crippen molar-refractivity contribution in [3.63, 3.8) is 0 Å². The molecular weight excluding hydrogens is 374 g/mol. The molecule has 5 heteroatoms. The van der Waals surface area contributed by atoms with Gasteiger partial charge >= 0.3 is 5.97 Å². The van der Waals surface area contributed by atoms with Gasteiger partial charge in [-0.3, -0.25) is 4.79 Å². The fraction of sp³-hybridized carbons (Fsp3) is 0.217. The second-order valence-corrected chi connectivity index (χ2v) is 6.92. The van der Waals surface area contributed by atoms with E-state index in [1.165, 1.54) is 0 Å². The van der Waals surface area contributed by atoms with Crippen LogP contribution in [-0.4, -0.2) is 29.9 Å². The molecule has 144 valence electrons. The summed E-state index contributed by atoms with van der Waals surface area (Å²) in [4.78, 5) is 27.3. The lowest BCUT2D eigenvalue weighted by Gasteiger charge is -2.17. The topological polar surface area (TPSA) is 46.6 Å². The van der Waals surface area contributed by atoms with E-state index in [2.05, 4.69) is 0 Å². The fourth-order valence-corrected chi connectivity index (χ4v) is 3.34. The van der Waals surface area contributed by atoms with Gasteiger partial charge in [0, 0.05) is 17.3 Å². The summed E-state index contributed by atoms with van der Waals surface area (Å²) in [6, 6.07) is 17.1. The summed E-state index contributed by atoms with van der Waals surface area (Å²) in [7, 11) is 0. The highest BCUT2D eigenvalue weighted by molar-refractivity contribution is 6.30. The standard InChI is InChI=1S/C23H22ClNO3/c1-3-28-23(27)21-16(2)25(14-13-17-7-5-4-6-8-17)22(26)20(21)15-18-9-11-19(24)12-10-18/h4-12,15H,3,13-14H2,1-2H3/b20-15-. The third kappa shape index (κ3) is 4.34. The molecule has 2 aromatic carbocycles. The predicted octanol–water partition coefficient (Wildman–Crippen LogP) is 4.65. The highest BCUT2D eigenvalue weighted by Gasteiger charge is 2.36. The number of hydrogen-bond acceptors (Lipinski definition) is 3. The number of rotatable bonds is 6. The summed E-state index contributed by atoms with van der Waals surface area (Å²) in [5, 5.41) is 0.613. The summed E-state index contributed by atoms with van der Waals surface area (Å²) in [5.74, 6) is -0.665. The normalized spacial score (nSPS) is 15.5. The first-order valence-corrected chi connectivity index (χ1v) is 9.60. The Morgan fingerprint density at radius 2 is 1.79 bits per heavy atom. The van der Waals surface area contributed by atoms with Crippen molar-refractivity contribution in [2.75, 3.05) is 13.2 Å². The number of amides is 1. The number of benzene rings is 2. The van der Waals surface area contributed by atoms with E-state index >= 15 is 0 Å². The van der Waals surface area contributed by atoms with Gasteiger partial charge in [0.1, 0.15) is 0 Å². The van der Waals surface area contributed by atoms with Gasteiger partial charge in [0.05, 0.1) is 17.8 Å². The summed E-state index contributed by atoms with van der Waals surface area (Å²) in [5.41, 5.74) is 3.24. The van der Waals surface area contributed by atoms with Crippen LogP contribution >= 0.6 is 11.6 Å². The molecule has 2 aromatic rings. The van der Waals surface area contributed by atoms with Crippen LogP contribution < -0.4 is 0 Å². The van der Waals surface area contributed by atoms with Crippen LogP contribution in [0.1, 0.15) is 25.0 Å². The number of carbonyl (C=O) groups excluding carboxylic acids is 2. The number of ether oxygens (including phenoxy) is 1. The third-order valence-corrected chi connectivity index (χ3v) is 4.89. The van der Waals surface area contributed by atoms with Crippen LogP contribution in [0.25, 0.3) is 6.08 Å². The van der Waals surface area contributed by atoms with E-state index in [-0.39, 0.29) is 12.5 Å². The van der Waals surface area contributed by atoms with Crippen molar-refractivity contribution < 1.29 is 14.3 Å². The summed E-state index contributed by atoms with van der Waals surface area (Å²) in [6.07, 6.45) is 2.42. The molecule has 0 radical (unpaired) electrons. The second kappa shape index (κ2) is 8.89. The number of hydrogen-bond donors (Lipinski definition) is 0. The molecule has 0 atom stereocenters. The van der Waals surface area contributed by atoms with E-state index in [0.717, 1.165) is 11.1 Å². The third-order valence-electron chi connectivity index (χ3n) is 4.64. The van der Waals surface area contributed by atoms with E-state index in [4.69, 9.17) is 16.3 Å². The van der Waals surface area contributed by atoms with E-state index in [1.807, 2.05) is 42.5 Å². The number of nitrogens with zero attached hydrogens (tertiary/aromatic N) is 1. The summed E-state index contributed by atoms with van der Waals surface area (Å²) in [6.45, 7) is 4.29. The zero-order valence-electron chi connectivity index (χ0n) is 15.9. The Hall–Kier alpha value is -2.85. The molecule has 1 amide bonds. The van der Waals surface area contributed by atoms with Crippen molar-refractivity contribution in [1.82, 2.24) is 4.90 Å². The largest absolute Gasteiger partial charge is 0.462 e. The van der Waals surface area contributed by atoms with Crippen LogP contribution in [0.3, 0.4) is 0 Å². The molecule has 1 aliphatic heterocycles. The molecule has 0 N–H and O–H groups in total. The molecular formula is C23H22ClNO3. The van der Waals surface area contributed by atoms with Crippen LogP contribution in [0.2, 0.25) is 5.02 Å². The molecule has 0 aliphatic carbocycles. The molecule has 0 saturated carbocycles. The molecule has 3 rings (SSSR count). The molecule has 0 unspecified atom stereocenters. The van der Waals surface area contributed by atoms with Gasteiger partial charge in [-0.05, 0) is 49.6 Å². The van der Waals surface area contributed by atoms with E-state index in [1.54, 1.807) is 37.0 Å². The SMILES string of the molecule is CCOC(=O)C1=C(C)N(CCc2ccccc2)C(=O)/C1=C\c1ccc(Cl)cc1. The molecule has 0 spiro atoms. The average molecular weight is 396 g/mol. The maximum atomic E-state index is 13.1. The Morgan fingerprint density at radius 3 is 2.43 bits per heavy atom. The van der Waals surface area contributed by atoms with Gasteiger partial charge in [-0.15, -0.1) is 0 Å². The fourth-order valence-electron chi connectivity index (χ4n) is 3.21. The van der Waals surface area contributed by atoms with Crippen molar-refractivity contribution in [2.45, 2.75) is 20.3 Å². The number of halogens is 1. The van der Waals surface area contributed by atoms with Crippen molar-refractivity contribution in [3.8, 4) is 0 Å². The van der Waals surface area contributed by atoms with Crippen LogP contribution in [0.4, 0.5) is 0 Å². The number of allylic oxidation sites excluding steroid dienone is 1. The van der Waals surface area contributed by atoms with E-state index < -0.39 is 5.97 Å². The molecule has 1 aliphatic rings. The van der Waals surface area contributed by atoms with Gasteiger partial charge in [0.2, 0.25) is 0 Å². The van der Waals surface area contributed by atoms with Crippen molar-refractivity contribution in [1.29, 1.82) is 0 Å². The number of carbonyl (C=O) groups is 2. The highest BCUT2D eigenvalue weighted by atomic mass is 35.5. The quantitative estimate of drug-likeness (QED) is 0.528. The maximum Gasteiger partial charge on any atom is 0.340 e. The lowest BCUT2D eigenvalue weighted by Crippen LogP contribution is -2.27. The predicted molar refractivity (Wildman–Crippen MR) is 111 cm³/mol. The van der Waals surface area contributed by atoms with Crippen LogP contribution in [0.15, 0.2) is 71.4 Å². The Kier molecular flexibility index (Phi) is 6.32. The molecule has 0 aromatic heterocycles. The van der Waals surface area contributed by atoms with Crippen molar-refractivity contribution >= 4 is 29.6 Å². The van der Waals surface area contributed by atoms with Crippen LogP contribution in [0.5, 0.6) is 0 Å². The minimum Gasteiger partial charge on any atom is -0.462 e. The first-order valence-electron chi connectivity index (χ1n) is 9.22. The molecule has 0 bridgehead atoms. The average Bonchev–Trinajstić information content (AvgIpc) is 2.92. The summed E-state index contributed by atoms with van der Waals surface area (Å²) < 4.78 is 5.21. The molecule has 4 nitrogen and oxygen atoms in total. The van der Waals surface area contributed by atoms with Gasteiger partial charge in [-0.2, -0.15) is 0 Å². The smallest absolute Gasteiger partial charge is 0.340 e. The lowest BCUT2D eigenvalue weighted by molar-refractivity contribution is -0.138. The van der Waals surface area contributed by atoms with Gasteiger partial charge in [0.15, 0.2) is 0 Å². The Balaban J connectivity index is 1.93. The van der Waals surface area contributed by atoms with Gasteiger partial charge in [0.25, 0.3) is 5.91 Å². The molecule has 0 fully saturated rings. The van der Waals surface area contributed by atoms with Gasteiger partial charge < -0.3 is 9.64 Å². The van der Waals surface area contributed by atoms with Gasteiger partial charge in [-0.25, -0.2) is 4.79 Å². The lowest BCUT2D eigenvalue weighted by atomic mass is 10.0. The van der Waals surface area contributed by atoms with Crippen LogP contribution in [-0.2, 0) is 20.7 Å². The van der Waals surface area contributed by atoms with E-state index in [9.17, 15) is 9.59 Å². The Bertz CT molecular complexity index is 930. The second-order valence-electron chi connectivity index (χ2n) is 6.48. The Morgan fingerprint density at radius 1 is 1.11 bits per heavy atom. The zero-order chi connectivity index (χ0) is 20.1. The van der Waals surface area contributed by atoms with Crippen molar-refractivity contribution in [3.05, 3.63) is 87.6 Å². The Labute approximate surface area is 170 Å². The molecule has 1 heterocycles. The monoisotopic (exact) mass is 395 g/mol. The zero-order valence-corrected chi connectivity index (χ0v) is 16.7. The van der Waals surface area contributed by atoms with Gasteiger partial charge in [-0.1, -0.05) is 54.1 Å². The minimum absolute atomic E-state index is 0.188. The first-order chi connectivity index (χ1) is 13.5. The van der Waals surface area contributed by atoms with E-state index in [0.29, 0.717) is 34.8 Å². The van der Waals surface area contributed by atoms with Crippen LogP contribution in [0, 0.1) is 0 Å². The van der Waals surface area contributed by atoms with Crippen molar-refractivity contribution in [2.24, 2.45) is 0 Å². The maximum absolute atomic E-state index is 13.1. The highest BCUT2D eigenvalue weighted by Crippen LogP contribution is 2.32. The molecule has 0 saturated heterocycles. The first kappa shape index (κ1) is 19.9. The minimum atomic E-state index is -0.476. The molecule has 28 heavy (non-hydrogen) atoms.